The first-order chi connectivity index (χ1) is 12.2. The summed E-state index contributed by atoms with van der Waals surface area (Å²) in [6, 6.07) is 11.4. The number of benzene rings is 2. The molecule has 3 rings (SSSR count). The number of methoxy groups -OCH3 is 3. The number of hydrogen-bond acceptors (Lipinski definition) is 6. The molecule has 1 aliphatic heterocycles. The second-order valence-electron chi connectivity index (χ2n) is 5.65. The molecule has 1 heterocycles. The molecule has 0 saturated heterocycles. The van der Waals surface area contributed by atoms with E-state index in [0.717, 1.165) is 22.8 Å². The molecule has 0 amide bonds. The average molecular weight is 345 g/mol. The van der Waals surface area contributed by atoms with Gasteiger partial charge in [-0.25, -0.2) is 0 Å². The van der Waals surface area contributed by atoms with Crippen LogP contribution in [0.1, 0.15) is 5.56 Å². The summed E-state index contributed by atoms with van der Waals surface area (Å²) in [4.78, 5) is 0. The molecular weight excluding hydrogens is 322 g/mol. The van der Waals surface area contributed by atoms with E-state index in [1.54, 1.807) is 21.3 Å². The number of ether oxygens (including phenoxy) is 5. The maximum Gasteiger partial charge on any atom is 0.164 e. The summed E-state index contributed by atoms with van der Waals surface area (Å²) in [5.74, 6) is 3.64. The van der Waals surface area contributed by atoms with Crippen LogP contribution in [0.5, 0.6) is 28.7 Å². The van der Waals surface area contributed by atoms with E-state index in [-0.39, 0.29) is 6.10 Å². The fourth-order valence-corrected chi connectivity index (χ4v) is 2.76. The van der Waals surface area contributed by atoms with Gasteiger partial charge in [0, 0.05) is 24.7 Å². The maximum absolute atomic E-state index is 5.94. The van der Waals surface area contributed by atoms with E-state index in [4.69, 9.17) is 23.7 Å². The molecule has 0 saturated carbocycles. The normalized spacial score (nSPS) is 15.6. The standard InChI is InChI=1S/C19H23NO5/c1-21-17-9-19(23-3)18(22-2)8-13(17)10-20-11-14-12-24-15-6-4-5-7-16(15)25-14/h4-9,14,20H,10-12H2,1-3H3/t14-/m0/s1. The highest BCUT2D eigenvalue weighted by Gasteiger charge is 2.20. The van der Waals surface area contributed by atoms with Crippen LogP contribution in [0.4, 0.5) is 0 Å². The third kappa shape index (κ3) is 3.91. The van der Waals surface area contributed by atoms with Gasteiger partial charge in [0.15, 0.2) is 23.0 Å². The molecule has 134 valence electrons. The molecule has 1 atom stereocenters. The number of nitrogens with one attached hydrogen (secondary N) is 1. The Labute approximate surface area is 147 Å². The first-order valence-electron chi connectivity index (χ1n) is 8.13. The van der Waals surface area contributed by atoms with E-state index >= 15 is 0 Å². The van der Waals surface area contributed by atoms with Crippen molar-refractivity contribution in [3.8, 4) is 28.7 Å². The van der Waals surface area contributed by atoms with Crippen molar-refractivity contribution in [2.75, 3.05) is 34.5 Å². The summed E-state index contributed by atoms with van der Waals surface area (Å²) < 4.78 is 27.8. The smallest absolute Gasteiger partial charge is 0.164 e. The Morgan fingerprint density at radius 2 is 1.64 bits per heavy atom. The zero-order valence-corrected chi connectivity index (χ0v) is 14.7. The lowest BCUT2D eigenvalue weighted by Gasteiger charge is -2.26. The van der Waals surface area contributed by atoms with Gasteiger partial charge in [0.1, 0.15) is 18.5 Å². The number of rotatable bonds is 7. The van der Waals surface area contributed by atoms with Crippen LogP contribution in [-0.2, 0) is 6.54 Å². The Balaban J connectivity index is 1.61. The lowest BCUT2D eigenvalue weighted by molar-refractivity contribution is 0.0902. The van der Waals surface area contributed by atoms with Crippen molar-refractivity contribution in [2.24, 2.45) is 0 Å². The third-order valence-corrected chi connectivity index (χ3v) is 4.04. The largest absolute Gasteiger partial charge is 0.496 e. The molecule has 1 N–H and O–H groups in total. The highest BCUT2D eigenvalue weighted by atomic mass is 16.6. The Hall–Kier alpha value is -2.60. The summed E-state index contributed by atoms with van der Waals surface area (Å²) in [6.07, 6.45) is -0.0407. The van der Waals surface area contributed by atoms with Crippen LogP contribution in [0.15, 0.2) is 36.4 Å². The van der Waals surface area contributed by atoms with Gasteiger partial charge in [-0.2, -0.15) is 0 Å². The number of para-hydroxylation sites is 2. The molecule has 0 aromatic heterocycles. The molecule has 0 fully saturated rings. The van der Waals surface area contributed by atoms with Crippen LogP contribution < -0.4 is 29.0 Å². The van der Waals surface area contributed by atoms with Gasteiger partial charge in [-0.05, 0) is 18.2 Å². The van der Waals surface area contributed by atoms with E-state index in [1.807, 2.05) is 36.4 Å². The molecule has 6 nitrogen and oxygen atoms in total. The van der Waals surface area contributed by atoms with Crippen LogP contribution in [0.2, 0.25) is 0 Å². The third-order valence-electron chi connectivity index (χ3n) is 4.04. The highest BCUT2D eigenvalue weighted by Crippen LogP contribution is 2.34. The summed E-state index contributed by atoms with van der Waals surface area (Å²) in [5.41, 5.74) is 0.984. The predicted molar refractivity (Wildman–Crippen MR) is 94.2 cm³/mol. The van der Waals surface area contributed by atoms with Crippen LogP contribution in [0.25, 0.3) is 0 Å². The SMILES string of the molecule is COc1cc(OC)c(OC)cc1CNC[C@H]1COc2ccccc2O1. The lowest BCUT2D eigenvalue weighted by atomic mass is 10.1. The molecular formula is C19H23NO5. The minimum atomic E-state index is -0.0407. The van der Waals surface area contributed by atoms with E-state index in [2.05, 4.69) is 5.32 Å². The highest BCUT2D eigenvalue weighted by molar-refractivity contribution is 5.50. The molecule has 0 aliphatic carbocycles. The molecule has 0 spiro atoms. The van der Waals surface area contributed by atoms with Crippen molar-refractivity contribution < 1.29 is 23.7 Å². The van der Waals surface area contributed by atoms with Gasteiger partial charge in [-0.15, -0.1) is 0 Å². The first kappa shape index (κ1) is 17.2. The fourth-order valence-electron chi connectivity index (χ4n) is 2.76. The van der Waals surface area contributed by atoms with Gasteiger partial charge >= 0.3 is 0 Å². The van der Waals surface area contributed by atoms with Gasteiger partial charge in [0.25, 0.3) is 0 Å². The topological polar surface area (TPSA) is 58.2 Å². The monoisotopic (exact) mass is 345 g/mol. The lowest BCUT2D eigenvalue weighted by Crippen LogP contribution is -2.38. The van der Waals surface area contributed by atoms with Gasteiger partial charge in [-0.3, -0.25) is 0 Å². The van der Waals surface area contributed by atoms with E-state index in [1.165, 1.54) is 0 Å². The minimum absolute atomic E-state index is 0.0407. The molecule has 2 aromatic carbocycles. The molecule has 0 radical (unpaired) electrons. The van der Waals surface area contributed by atoms with Crippen molar-refractivity contribution in [3.05, 3.63) is 42.0 Å². The molecule has 2 aromatic rings. The predicted octanol–water partition coefficient (Wildman–Crippen LogP) is 2.64. The number of fused-ring (bicyclic) bond motifs is 1. The summed E-state index contributed by atoms with van der Waals surface area (Å²) in [7, 11) is 4.86. The first-order valence-corrected chi connectivity index (χ1v) is 8.13. The van der Waals surface area contributed by atoms with Crippen molar-refractivity contribution in [1.29, 1.82) is 0 Å². The van der Waals surface area contributed by atoms with Gasteiger partial charge in [0.05, 0.1) is 21.3 Å². The fraction of sp³-hybridized carbons (Fsp3) is 0.368. The van der Waals surface area contributed by atoms with Crippen LogP contribution in [0.3, 0.4) is 0 Å². The molecule has 1 aliphatic rings. The van der Waals surface area contributed by atoms with Crippen LogP contribution in [0, 0.1) is 0 Å². The molecule has 6 heteroatoms. The van der Waals surface area contributed by atoms with E-state index in [9.17, 15) is 0 Å². The summed E-state index contributed by atoms with van der Waals surface area (Å²) >= 11 is 0. The Morgan fingerprint density at radius 1 is 0.960 bits per heavy atom. The quantitative estimate of drug-likeness (QED) is 0.833. The van der Waals surface area contributed by atoms with Crippen molar-refractivity contribution in [1.82, 2.24) is 5.32 Å². The zero-order chi connectivity index (χ0) is 17.6. The van der Waals surface area contributed by atoms with Crippen molar-refractivity contribution in [3.63, 3.8) is 0 Å². The Morgan fingerprint density at radius 3 is 2.36 bits per heavy atom. The zero-order valence-electron chi connectivity index (χ0n) is 14.7. The van der Waals surface area contributed by atoms with Gasteiger partial charge in [-0.1, -0.05) is 12.1 Å². The minimum Gasteiger partial charge on any atom is -0.496 e. The Bertz CT molecular complexity index is 719. The summed E-state index contributed by atoms with van der Waals surface area (Å²) in [5, 5.41) is 3.38. The van der Waals surface area contributed by atoms with Crippen molar-refractivity contribution >= 4 is 0 Å². The van der Waals surface area contributed by atoms with Crippen LogP contribution >= 0.6 is 0 Å². The number of hydrogen-bond donors (Lipinski definition) is 1. The molecule has 0 unspecified atom stereocenters. The maximum atomic E-state index is 5.94. The van der Waals surface area contributed by atoms with Crippen LogP contribution in [-0.4, -0.2) is 40.6 Å². The Kier molecular flexibility index (Phi) is 5.50. The summed E-state index contributed by atoms with van der Waals surface area (Å²) in [6.45, 7) is 1.80. The molecule has 25 heavy (non-hydrogen) atoms. The van der Waals surface area contributed by atoms with E-state index in [0.29, 0.717) is 31.2 Å². The van der Waals surface area contributed by atoms with Gasteiger partial charge < -0.3 is 29.0 Å². The van der Waals surface area contributed by atoms with E-state index < -0.39 is 0 Å². The van der Waals surface area contributed by atoms with Crippen molar-refractivity contribution in [2.45, 2.75) is 12.6 Å². The average Bonchev–Trinajstić information content (AvgIpc) is 2.67. The van der Waals surface area contributed by atoms with Gasteiger partial charge in [0.2, 0.25) is 0 Å². The second kappa shape index (κ2) is 7.98. The molecule has 0 bridgehead atoms. The second-order valence-corrected chi connectivity index (χ2v) is 5.65.